The van der Waals surface area contributed by atoms with Gasteiger partial charge in [-0.15, -0.1) is 10.2 Å². The summed E-state index contributed by atoms with van der Waals surface area (Å²) in [5.41, 5.74) is 2.08. The molecule has 3 aromatic rings. The van der Waals surface area contributed by atoms with Crippen LogP contribution in [0.2, 0.25) is 0 Å². The number of aryl methyl sites for hydroxylation is 1. The van der Waals surface area contributed by atoms with Crippen LogP contribution < -0.4 is 4.74 Å². The van der Waals surface area contributed by atoms with Gasteiger partial charge in [-0.05, 0) is 37.6 Å². The molecule has 0 radical (unpaired) electrons. The van der Waals surface area contributed by atoms with Crippen molar-refractivity contribution in [3.63, 3.8) is 0 Å². The lowest BCUT2D eigenvalue weighted by Gasteiger charge is -2.16. The van der Waals surface area contributed by atoms with Gasteiger partial charge in [0.15, 0.2) is 5.82 Å². The second kappa shape index (κ2) is 5.40. The maximum atomic E-state index is 5.45. The molecular formula is C15H17N5O. The molecule has 0 N–H and O–H groups in total. The predicted octanol–water partition coefficient (Wildman–Crippen LogP) is 2.39. The molecule has 6 nitrogen and oxygen atoms in total. The molecule has 2 aromatic heterocycles. The Morgan fingerprint density at radius 1 is 1.29 bits per heavy atom. The van der Waals surface area contributed by atoms with E-state index < -0.39 is 0 Å². The Bertz CT molecular complexity index is 732. The number of hydrogen-bond donors (Lipinski definition) is 0. The molecule has 1 aromatic carbocycles. The first-order valence-corrected chi connectivity index (χ1v) is 6.74. The highest BCUT2D eigenvalue weighted by Crippen LogP contribution is 2.27. The summed E-state index contributed by atoms with van der Waals surface area (Å²) < 4.78 is 9.24. The second-order valence-corrected chi connectivity index (χ2v) is 4.90. The van der Waals surface area contributed by atoms with Crippen LogP contribution in [0.25, 0.3) is 5.69 Å². The maximum absolute atomic E-state index is 5.45. The summed E-state index contributed by atoms with van der Waals surface area (Å²) in [5.74, 6) is 1.59. The Balaban J connectivity index is 2.09. The fraction of sp³-hybridized carbons (Fsp3) is 0.267. The minimum Gasteiger partial charge on any atom is -0.495 e. The molecule has 6 heteroatoms. The highest BCUT2D eigenvalue weighted by atomic mass is 16.5. The van der Waals surface area contributed by atoms with Gasteiger partial charge in [-0.25, -0.2) is 0 Å². The summed E-state index contributed by atoms with van der Waals surface area (Å²) in [6, 6.07) is 7.90. The van der Waals surface area contributed by atoms with E-state index in [9.17, 15) is 0 Å². The fourth-order valence-corrected chi connectivity index (χ4v) is 2.33. The van der Waals surface area contributed by atoms with Gasteiger partial charge >= 0.3 is 0 Å². The summed E-state index contributed by atoms with van der Waals surface area (Å²) in [6.45, 7) is 4.08. The van der Waals surface area contributed by atoms with Gasteiger partial charge in [-0.2, -0.15) is 5.10 Å². The van der Waals surface area contributed by atoms with E-state index in [1.807, 2.05) is 47.5 Å². The molecule has 0 unspecified atom stereocenters. The minimum absolute atomic E-state index is 0.0206. The normalized spacial score (nSPS) is 12.3. The van der Waals surface area contributed by atoms with Crippen molar-refractivity contribution in [2.24, 2.45) is 0 Å². The average Bonchev–Trinajstić information content (AvgIpc) is 3.18. The molecule has 3 rings (SSSR count). The van der Waals surface area contributed by atoms with Gasteiger partial charge in [-0.1, -0.05) is 6.07 Å². The van der Waals surface area contributed by atoms with Crippen molar-refractivity contribution in [3.05, 3.63) is 54.4 Å². The van der Waals surface area contributed by atoms with Crippen LogP contribution in [0.3, 0.4) is 0 Å². The summed E-state index contributed by atoms with van der Waals surface area (Å²) in [5, 5.41) is 12.6. The summed E-state index contributed by atoms with van der Waals surface area (Å²) >= 11 is 0. The number of hydrogen-bond acceptors (Lipinski definition) is 4. The van der Waals surface area contributed by atoms with Crippen molar-refractivity contribution in [2.45, 2.75) is 19.9 Å². The van der Waals surface area contributed by atoms with E-state index in [4.69, 9.17) is 4.74 Å². The van der Waals surface area contributed by atoms with Gasteiger partial charge in [0.1, 0.15) is 18.1 Å². The molecule has 0 bridgehead atoms. The standard InChI is InChI=1S/C15H17N5O/c1-11-5-6-14(21-3)13(9-11)19-10-16-18-15(19)12(2)20-8-4-7-17-20/h4-10,12H,1-3H3/t12-/m0/s1. The van der Waals surface area contributed by atoms with Crippen molar-refractivity contribution >= 4 is 0 Å². The molecular weight excluding hydrogens is 266 g/mol. The zero-order valence-corrected chi connectivity index (χ0v) is 12.3. The molecule has 0 saturated heterocycles. The first-order valence-electron chi connectivity index (χ1n) is 6.74. The van der Waals surface area contributed by atoms with Gasteiger partial charge in [0, 0.05) is 12.4 Å². The lowest BCUT2D eigenvalue weighted by molar-refractivity contribution is 0.411. The lowest BCUT2D eigenvalue weighted by Crippen LogP contribution is -2.13. The van der Waals surface area contributed by atoms with Crippen LogP contribution in [0.4, 0.5) is 0 Å². The van der Waals surface area contributed by atoms with Crippen LogP contribution in [0.15, 0.2) is 43.0 Å². The second-order valence-electron chi connectivity index (χ2n) is 4.90. The molecule has 0 aliphatic heterocycles. The number of nitrogens with zero attached hydrogens (tertiary/aromatic N) is 5. The molecule has 0 aliphatic carbocycles. The average molecular weight is 283 g/mol. The van der Waals surface area contributed by atoms with Gasteiger partial charge < -0.3 is 4.74 Å². The third-order valence-corrected chi connectivity index (χ3v) is 3.46. The highest BCUT2D eigenvalue weighted by Gasteiger charge is 2.18. The quantitative estimate of drug-likeness (QED) is 0.737. The van der Waals surface area contributed by atoms with Crippen LogP contribution >= 0.6 is 0 Å². The lowest BCUT2D eigenvalue weighted by atomic mass is 10.2. The van der Waals surface area contributed by atoms with E-state index >= 15 is 0 Å². The van der Waals surface area contributed by atoms with Crippen LogP contribution in [0.1, 0.15) is 24.4 Å². The van der Waals surface area contributed by atoms with E-state index in [1.165, 1.54) is 0 Å². The highest BCUT2D eigenvalue weighted by molar-refractivity contribution is 5.49. The minimum atomic E-state index is -0.0206. The number of ether oxygens (including phenoxy) is 1. The molecule has 2 heterocycles. The Morgan fingerprint density at radius 3 is 2.86 bits per heavy atom. The molecule has 21 heavy (non-hydrogen) atoms. The third-order valence-electron chi connectivity index (χ3n) is 3.46. The number of benzene rings is 1. The van der Waals surface area contributed by atoms with Crippen LogP contribution in [-0.2, 0) is 0 Å². The van der Waals surface area contributed by atoms with E-state index in [1.54, 1.807) is 19.6 Å². The first-order chi connectivity index (χ1) is 10.2. The van der Waals surface area contributed by atoms with E-state index in [0.717, 1.165) is 22.8 Å². The van der Waals surface area contributed by atoms with Gasteiger partial charge in [0.2, 0.25) is 0 Å². The summed E-state index contributed by atoms with van der Waals surface area (Å²) in [7, 11) is 1.66. The Labute approximate surface area is 123 Å². The van der Waals surface area contributed by atoms with Crippen molar-refractivity contribution in [1.29, 1.82) is 0 Å². The Morgan fingerprint density at radius 2 is 2.14 bits per heavy atom. The van der Waals surface area contributed by atoms with Crippen LogP contribution in [0.5, 0.6) is 5.75 Å². The SMILES string of the molecule is COc1ccc(C)cc1-n1cnnc1[C@H](C)n1cccn1. The molecule has 108 valence electrons. The first kappa shape index (κ1) is 13.4. The van der Waals surface area contributed by atoms with Crippen molar-refractivity contribution in [2.75, 3.05) is 7.11 Å². The zero-order valence-electron chi connectivity index (χ0n) is 12.3. The third kappa shape index (κ3) is 2.40. The monoisotopic (exact) mass is 283 g/mol. The number of methoxy groups -OCH3 is 1. The molecule has 0 spiro atoms. The van der Waals surface area contributed by atoms with Gasteiger partial charge in [-0.3, -0.25) is 9.25 Å². The van der Waals surface area contributed by atoms with Gasteiger partial charge in [0.05, 0.1) is 12.8 Å². The predicted molar refractivity (Wildman–Crippen MR) is 78.7 cm³/mol. The van der Waals surface area contributed by atoms with Crippen LogP contribution in [0, 0.1) is 6.92 Å². The van der Waals surface area contributed by atoms with E-state index in [0.29, 0.717) is 0 Å². The Kier molecular flexibility index (Phi) is 3.43. The smallest absolute Gasteiger partial charge is 0.162 e. The molecule has 1 atom stereocenters. The Hall–Kier alpha value is -2.63. The van der Waals surface area contributed by atoms with Crippen molar-refractivity contribution in [3.8, 4) is 11.4 Å². The summed E-state index contributed by atoms with van der Waals surface area (Å²) in [6.07, 6.45) is 5.37. The largest absolute Gasteiger partial charge is 0.495 e. The van der Waals surface area contributed by atoms with E-state index in [-0.39, 0.29) is 6.04 Å². The maximum Gasteiger partial charge on any atom is 0.162 e. The van der Waals surface area contributed by atoms with Gasteiger partial charge in [0.25, 0.3) is 0 Å². The van der Waals surface area contributed by atoms with E-state index in [2.05, 4.69) is 21.4 Å². The fourth-order valence-electron chi connectivity index (χ4n) is 2.33. The topological polar surface area (TPSA) is 57.8 Å². The molecule has 0 fully saturated rings. The summed E-state index contributed by atoms with van der Waals surface area (Å²) in [4.78, 5) is 0. The van der Waals surface area contributed by atoms with Crippen LogP contribution in [-0.4, -0.2) is 31.7 Å². The number of aromatic nitrogens is 5. The zero-order chi connectivity index (χ0) is 14.8. The number of rotatable bonds is 4. The molecule has 0 saturated carbocycles. The van der Waals surface area contributed by atoms with Crippen molar-refractivity contribution in [1.82, 2.24) is 24.5 Å². The molecule has 0 amide bonds. The van der Waals surface area contributed by atoms with Crippen molar-refractivity contribution < 1.29 is 4.74 Å². The molecule has 0 aliphatic rings.